The number of nitrogens with zero attached hydrogens (tertiary/aromatic N) is 4. The van der Waals surface area contributed by atoms with Gasteiger partial charge in [-0.2, -0.15) is 5.10 Å². The van der Waals surface area contributed by atoms with Crippen LogP contribution >= 0.6 is 0 Å². The number of piperazine rings is 1. The van der Waals surface area contributed by atoms with Gasteiger partial charge in [-0.15, -0.1) is 5.10 Å². The minimum atomic E-state index is -0.251. The number of carbonyl (C=O) groups is 1. The van der Waals surface area contributed by atoms with Gasteiger partial charge in [0.25, 0.3) is 5.91 Å². The van der Waals surface area contributed by atoms with Gasteiger partial charge in [-0.25, -0.2) is 4.39 Å². The second-order valence-corrected chi connectivity index (χ2v) is 7.51. The summed E-state index contributed by atoms with van der Waals surface area (Å²) in [6.45, 7) is 3.97. The number of rotatable bonds is 3. The van der Waals surface area contributed by atoms with Gasteiger partial charge in [0.05, 0.1) is 11.4 Å². The van der Waals surface area contributed by atoms with Crippen molar-refractivity contribution in [3.05, 3.63) is 52.7 Å². The van der Waals surface area contributed by atoms with E-state index in [-0.39, 0.29) is 17.7 Å². The third-order valence-electron chi connectivity index (χ3n) is 5.57. The van der Waals surface area contributed by atoms with Crippen molar-refractivity contribution in [3.63, 3.8) is 0 Å². The SMILES string of the molecule is Cc1c(C(=O)N2CCN(c3ccccc3F)CC2)oc2c1/C(=N/N=C(N)N)CCC2. The van der Waals surface area contributed by atoms with E-state index in [0.29, 0.717) is 37.6 Å². The van der Waals surface area contributed by atoms with Crippen LogP contribution in [0.4, 0.5) is 10.1 Å². The molecule has 158 valence electrons. The van der Waals surface area contributed by atoms with Gasteiger partial charge in [0.15, 0.2) is 5.76 Å². The Balaban J connectivity index is 1.52. The maximum Gasteiger partial charge on any atom is 0.289 e. The number of guanidine groups is 1. The van der Waals surface area contributed by atoms with Gasteiger partial charge < -0.3 is 25.7 Å². The van der Waals surface area contributed by atoms with Crippen molar-refractivity contribution in [2.45, 2.75) is 26.2 Å². The molecule has 0 saturated carbocycles. The van der Waals surface area contributed by atoms with Crippen LogP contribution in [0.1, 0.15) is 40.3 Å². The topological polar surface area (TPSA) is 113 Å². The molecule has 1 saturated heterocycles. The highest BCUT2D eigenvalue weighted by molar-refractivity contribution is 6.06. The second kappa shape index (κ2) is 8.17. The molecule has 1 aliphatic carbocycles. The molecule has 0 unspecified atom stereocenters. The molecule has 4 N–H and O–H groups in total. The normalized spacial score (nSPS) is 17.7. The monoisotopic (exact) mass is 412 g/mol. The fourth-order valence-corrected chi connectivity index (χ4v) is 4.09. The van der Waals surface area contributed by atoms with E-state index in [9.17, 15) is 9.18 Å². The summed E-state index contributed by atoms with van der Waals surface area (Å²) in [6, 6.07) is 6.69. The van der Waals surface area contributed by atoms with Gasteiger partial charge in [-0.3, -0.25) is 4.79 Å². The molecule has 2 aromatic rings. The maximum atomic E-state index is 14.1. The largest absolute Gasteiger partial charge is 0.455 e. The summed E-state index contributed by atoms with van der Waals surface area (Å²) in [5.74, 6) is 0.561. The maximum absolute atomic E-state index is 14.1. The Morgan fingerprint density at radius 1 is 1.13 bits per heavy atom. The van der Waals surface area contributed by atoms with Gasteiger partial charge in [0.2, 0.25) is 5.96 Å². The molecule has 2 aliphatic rings. The first-order valence-electron chi connectivity index (χ1n) is 10.0. The van der Waals surface area contributed by atoms with Crippen molar-refractivity contribution >= 4 is 23.3 Å². The number of nitrogens with two attached hydrogens (primary N) is 2. The number of hydrogen-bond acceptors (Lipinski definition) is 5. The fraction of sp³-hybridized carbons (Fsp3) is 0.381. The number of carbonyl (C=O) groups excluding carboxylic acids is 1. The molecule has 1 aromatic carbocycles. The molecule has 0 radical (unpaired) electrons. The summed E-state index contributed by atoms with van der Waals surface area (Å²) < 4.78 is 20.0. The molecule has 0 spiro atoms. The summed E-state index contributed by atoms with van der Waals surface area (Å²) in [7, 11) is 0. The van der Waals surface area contributed by atoms with Crippen LogP contribution in [0.3, 0.4) is 0 Å². The summed E-state index contributed by atoms with van der Waals surface area (Å²) in [5.41, 5.74) is 13.7. The fourth-order valence-electron chi connectivity index (χ4n) is 4.09. The Kier molecular flexibility index (Phi) is 5.43. The van der Waals surface area contributed by atoms with E-state index in [0.717, 1.165) is 41.9 Å². The summed E-state index contributed by atoms with van der Waals surface area (Å²) >= 11 is 0. The Bertz CT molecular complexity index is 1020. The third kappa shape index (κ3) is 3.74. The van der Waals surface area contributed by atoms with Crippen molar-refractivity contribution in [2.24, 2.45) is 21.7 Å². The van der Waals surface area contributed by atoms with Crippen molar-refractivity contribution < 1.29 is 13.6 Å². The third-order valence-corrected chi connectivity index (χ3v) is 5.57. The van der Waals surface area contributed by atoms with E-state index in [2.05, 4.69) is 10.2 Å². The molecule has 1 amide bonds. The summed E-state index contributed by atoms with van der Waals surface area (Å²) in [6.07, 6.45) is 2.32. The number of hydrogen-bond donors (Lipinski definition) is 2. The number of halogens is 1. The van der Waals surface area contributed by atoms with Gasteiger partial charge in [-0.1, -0.05) is 12.1 Å². The van der Waals surface area contributed by atoms with Crippen LogP contribution in [0.2, 0.25) is 0 Å². The molecule has 0 bridgehead atoms. The van der Waals surface area contributed by atoms with Gasteiger partial charge in [-0.05, 0) is 31.9 Å². The predicted octanol–water partition coefficient (Wildman–Crippen LogP) is 2.00. The standard InChI is InChI=1S/C21H25FN6O2/c1-13-18-15(25-26-21(23)24)6-4-8-17(18)30-19(13)20(29)28-11-9-27(10-12-28)16-7-3-2-5-14(16)22/h2-3,5,7H,4,6,8-12H2,1H3,(H4,23,24,26)/b25-15+. The molecule has 30 heavy (non-hydrogen) atoms. The minimum absolute atomic E-state index is 0.111. The van der Waals surface area contributed by atoms with Crippen LogP contribution in [-0.2, 0) is 6.42 Å². The first-order valence-corrected chi connectivity index (χ1v) is 10.0. The van der Waals surface area contributed by atoms with Crippen LogP contribution in [0.15, 0.2) is 38.9 Å². The Hall–Kier alpha value is -3.36. The average molecular weight is 412 g/mol. The quantitative estimate of drug-likeness (QED) is 0.455. The molecular weight excluding hydrogens is 387 g/mol. The number of furan rings is 1. The first kappa shape index (κ1) is 19.9. The molecule has 9 heteroatoms. The molecule has 1 aliphatic heterocycles. The molecule has 2 heterocycles. The van der Waals surface area contributed by atoms with Crippen LogP contribution in [0.25, 0.3) is 0 Å². The molecular formula is C21H25FN6O2. The molecule has 4 rings (SSSR count). The van der Waals surface area contributed by atoms with E-state index < -0.39 is 0 Å². The van der Waals surface area contributed by atoms with Gasteiger partial charge >= 0.3 is 0 Å². The molecule has 8 nitrogen and oxygen atoms in total. The lowest BCUT2D eigenvalue weighted by molar-refractivity contribution is 0.0711. The zero-order valence-corrected chi connectivity index (χ0v) is 16.9. The summed E-state index contributed by atoms with van der Waals surface area (Å²) in [4.78, 5) is 16.9. The number of anilines is 1. The Labute approximate surface area is 174 Å². The van der Waals surface area contributed by atoms with E-state index in [4.69, 9.17) is 15.9 Å². The lowest BCUT2D eigenvalue weighted by atomic mass is 9.93. The number of amides is 1. The van der Waals surface area contributed by atoms with Crippen molar-refractivity contribution in [1.29, 1.82) is 0 Å². The highest BCUT2D eigenvalue weighted by Gasteiger charge is 2.31. The van der Waals surface area contributed by atoms with E-state index in [1.54, 1.807) is 17.0 Å². The van der Waals surface area contributed by atoms with Crippen LogP contribution in [-0.4, -0.2) is 48.7 Å². The van der Waals surface area contributed by atoms with Crippen LogP contribution in [0, 0.1) is 12.7 Å². The first-order chi connectivity index (χ1) is 14.5. The van der Waals surface area contributed by atoms with Crippen LogP contribution in [0.5, 0.6) is 0 Å². The zero-order chi connectivity index (χ0) is 21.3. The van der Waals surface area contributed by atoms with Gasteiger partial charge in [0, 0.05) is 43.7 Å². The molecule has 1 fully saturated rings. The van der Waals surface area contributed by atoms with Crippen molar-refractivity contribution in [2.75, 3.05) is 31.1 Å². The highest BCUT2D eigenvalue weighted by Crippen LogP contribution is 2.31. The summed E-state index contributed by atoms with van der Waals surface area (Å²) in [5, 5.41) is 7.91. The number of aryl methyl sites for hydroxylation is 1. The van der Waals surface area contributed by atoms with Crippen molar-refractivity contribution in [1.82, 2.24) is 4.90 Å². The Morgan fingerprint density at radius 2 is 1.87 bits per heavy atom. The lowest BCUT2D eigenvalue weighted by Crippen LogP contribution is -2.49. The van der Waals surface area contributed by atoms with E-state index in [1.807, 2.05) is 17.9 Å². The predicted molar refractivity (Wildman–Crippen MR) is 113 cm³/mol. The number of benzene rings is 1. The van der Waals surface area contributed by atoms with E-state index >= 15 is 0 Å². The van der Waals surface area contributed by atoms with Crippen LogP contribution < -0.4 is 16.4 Å². The Morgan fingerprint density at radius 3 is 2.57 bits per heavy atom. The van der Waals surface area contributed by atoms with E-state index in [1.165, 1.54) is 6.07 Å². The second-order valence-electron chi connectivity index (χ2n) is 7.51. The molecule has 1 aromatic heterocycles. The molecule has 0 atom stereocenters. The zero-order valence-electron chi connectivity index (χ0n) is 16.9. The lowest BCUT2D eigenvalue weighted by Gasteiger charge is -2.35. The number of fused-ring (bicyclic) bond motifs is 1. The van der Waals surface area contributed by atoms with Crippen molar-refractivity contribution in [3.8, 4) is 0 Å². The van der Waals surface area contributed by atoms with Gasteiger partial charge in [0.1, 0.15) is 11.6 Å². The number of para-hydroxylation sites is 1. The average Bonchev–Trinajstić information content (AvgIpc) is 3.09. The highest BCUT2D eigenvalue weighted by atomic mass is 19.1. The smallest absolute Gasteiger partial charge is 0.289 e. The minimum Gasteiger partial charge on any atom is -0.455 e.